The van der Waals surface area contributed by atoms with Crippen molar-refractivity contribution < 1.29 is 14.3 Å². The first-order valence-corrected chi connectivity index (χ1v) is 11.3. The number of thiophene rings is 1. The number of carbonyl (C=O) groups is 1. The zero-order valence-electron chi connectivity index (χ0n) is 17.1. The number of methoxy groups -OCH3 is 1. The molecular weight excluding hydrogens is 384 g/mol. The second-order valence-electron chi connectivity index (χ2n) is 8.13. The number of hydrogen-bond donors (Lipinski definition) is 1. The maximum atomic E-state index is 12.5. The first kappa shape index (κ1) is 20.4. The molecule has 0 bridgehead atoms. The molecule has 1 atom stereocenters. The molecular formula is C23H30N2O3S. The summed E-state index contributed by atoms with van der Waals surface area (Å²) in [6, 6.07) is 12.6. The van der Waals surface area contributed by atoms with Gasteiger partial charge in [-0.15, -0.1) is 11.3 Å². The molecule has 1 fully saturated rings. The molecule has 5 nitrogen and oxygen atoms in total. The maximum absolute atomic E-state index is 12.5. The lowest BCUT2D eigenvalue weighted by Crippen LogP contribution is -2.50. The van der Waals surface area contributed by atoms with E-state index in [9.17, 15) is 4.79 Å². The molecule has 4 rings (SSSR count). The van der Waals surface area contributed by atoms with Crippen LogP contribution in [0.4, 0.5) is 0 Å². The van der Waals surface area contributed by atoms with Gasteiger partial charge in [-0.25, -0.2) is 0 Å². The Morgan fingerprint density at radius 3 is 2.86 bits per heavy atom. The summed E-state index contributed by atoms with van der Waals surface area (Å²) < 4.78 is 11.6. The van der Waals surface area contributed by atoms with Crippen LogP contribution in [-0.4, -0.2) is 49.8 Å². The Kier molecular flexibility index (Phi) is 6.53. The van der Waals surface area contributed by atoms with Crippen molar-refractivity contribution in [3.63, 3.8) is 0 Å². The molecule has 2 aliphatic heterocycles. The molecule has 1 N–H and O–H groups in total. The molecule has 1 saturated heterocycles. The third kappa shape index (κ3) is 5.00. The van der Waals surface area contributed by atoms with Crippen molar-refractivity contribution in [2.75, 3.05) is 33.4 Å². The van der Waals surface area contributed by atoms with Crippen molar-refractivity contribution in [3.05, 3.63) is 52.2 Å². The fourth-order valence-corrected chi connectivity index (χ4v) is 5.31. The predicted octanol–water partition coefficient (Wildman–Crippen LogP) is 3.80. The second-order valence-corrected chi connectivity index (χ2v) is 9.16. The number of nitrogens with zero attached hydrogens (tertiary/aromatic N) is 1. The summed E-state index contributed by atoms with van der Waals surface area (Å²) in [4.78, 5) is 16.4. The molecule has 0 saturated carbocycles. The number of rotatable bonds is 7. The second kappa shape index (κ2) is 9.28. The van der Waals surface area contributed by atoms with E-state index in [1.165, 1.54) is 10.4 Å². The Morgan fingerprint density at radius 1 is 1.28 bits per heavy atom. The van der Waals surface area contributed by atoms with E-state index in [4.69, 9.17) is 9.47 Å². The summed E-state index contributed by atoms with van der Waals surface area (Å²) in [5.74, 6) is 1.25. The van der Waals surface area contributed by atoms with Crippen LogP contribution in [0, 0.1) is 0 Å². The van der Waals surface area contributed by atoms with E-state index in [1.54, 1.807) is 7.11 Å². The Balaban J connectivity index is 1.42. The molecule has 29 heavy (non-hydrogen) atoms. The molecule has 2 aromatic rings. The molecule has 156 valence electrons. The van der Waals surface area contributed by atoms with Crippen LogP contribution in [-0.2, 0) is 16.1 Å². The molecule has 3 heterocycles. The zero-order chi connectivity index (χ0) is 20.1. The Hall–Kier alpha value is -1.89. The highest BCUT2D eigenvalue weighted by Gasteiger charge is 2.43. The Bertz CT molecular complexity index is 800. The number of hydrogen-bond acceptors (Lipinski definition) is 5. The average Bonchev–Trinajstić information content (AvgIpc) is 3.23. The van der Waals surface area contributed by atoms with Crippen molar-refractivity contribution in [1.29, 1.82) is 0 Å². The molecule has 0 unspecified atom stereocenters. The van der Waals surface area contributed by atoms with E-state index in [2.05, 4.69) is 39.9 Å². The van der Waals surface area contributed by atoms with Gasteiger partial charge < -0.3 is 14.8 Å². The van der Waals surface area contributed by atoms with Crippen molar-refractivity contribution in [1.82, 2.24) is 10.2 Å². The van der Waals surface area contributed by atoms with Crippen molar-refractivity contribution in [2.45, 2.75) is 43.7 Å². The fourth-order valence-electron chi connectivity index (χ4n) is 4.56. The molecule has 0 aliphatic carbocycles. The van der Waals surface area contributed by atoms with E-state index in [1.807, 2.05) is 23.5 Å². The minimum atomic E-state index is -0.155. The van der Waals surface area contributed by atoms with Gasteiger partial charge in [-0.05, 0) is 42.3 Å². The SMILES string of the molecule is COCCNC(=O)C[C@H]1CC2(CCN(Cc3cccs3)CC2)Oc2ccccc21. The van der Waals surface area contributed by atoms with Crippen LogP contribution in [0.15, 0.2) is 41.8 Å². The monoisotopic (exact) mass is 414 g/mol. The van der Waals surface area contributed by atoms with E-state index < -0.39 is 0 Å². The number of carbonyl (C=O) groups excluding carboxylic acids is 1. The first-order valence-electron chi connectivity index (χ1n) is 10.5. The van der Waals surface area contributed by atoms with Crippen LogP contribution in [0.3, 0.4) is 0 Å². The van der Waals surface area contributed by atoms with E-state index in [0.29, 0.717) is 19.6 Å². The molecule has 1 aromatic carbocycles. The summed E-state index contributed by atoms with van der Waals surface area (Å²) >= 11 is 1.82. The Labute approximate surface area is 177 Å². The van der Waals surface area contributed by atoms with Gasteiger partial charge in [-0.3, -0.25) is 9.69 Å². The number of likely N-dealkylation sites (tertiary alicyclic amines) is 1. The van der Waals surface area contributed by atoms with Gasteiger partial charge in [-0.1, -0.05) is 24.3 Å². The summed E-state index contributed by atoms with van der Waals surface area (Å²) in [7, 11) is 1.65. The lowest BCUT2D eigenvalue weighted by Gasteiger charge is -2.47. The first-order chi connectivity index (χ1) is 14.2. The highest BCUT2D eigenvalue weighted by molar-refractivity contribution is 7.09. The van der Waals surface area contributed by atoms with Crippen LogP contribution >= 0.6 is 11.3 Å². The highest BCUT2D eigenvalue weighted by atomic mass is 32.1. The molecule has 1 aromatic heterocycles. The van der Waals surface area contributed by atoms with Crippen LogP contribution < -0.4 is 10.1 Å². The molecule has 0 radical (unpaired) electrons. The summed E-state index contributed by atoms with van der Waals surface area (Å²) in [6.45, 7) is 4.19. The van der Waals surface area contributed by atoms with Crippen molar-refractivity contribution in [2.24, 2.45) is 0 Å². The van der Waals surface area contributed by atoms with Gasteiger partial charge in [-0.2, -0.15) is 0 Å². The van der Waals surface area contributed by atoms with Gasteiger partial charge in [0.25, 0.3) is 0 Å². The summed E-state index contributed by atoms with van der Waals surface area (Å²) in [6.07, 6.45) is 3.43. The summed E-state index contributed by atoms with van der Waals surface area (Å²) in [5, 5.41) is 5.12. The van der Waals surface area contributed by atoms with Crippen LogP contribution in [0.25, 0.3) is 0 Å². The maximum Gasteiger partial charge on any atom is 0.220 e. The lowest BCUT2D eigenvalue weighted by atomic mass is 9.76. The van der Waals surface area contributed by atoms with E-state index >= 15 is 0 Å². The lowest BCUT2D eigenvalue weighted by molar-refractivity contribution is -0.122. The third-order valence-corrected chi connectivity index (χ3v) is 6.95. The molecule has 6 heteroatoms. The molecule has 2 aliphatic rings. The Morgan fingerprint density at radius 2 is 2.10 bits per heavy atom. The standard InChI is InChI=1S/C23H30N2O3S/c1-27-13-10-24-22(26)15-18-16-23(28-21-7-3-2-6-20(18)21)8-11-25(12-9-23)17-19-5-4-14-29-19/h2-7,14,18H,8-13,15-17H2,1H3,(H,24,26)/t18-/m0/s1. The number of nitrogens with one attached hydrogen (secondary N) is 1. The van der Waals surface area contributed by atoms with Gasteiger partial charge in [0, 0.05) is 50.5 Å². The number of fused-ring (bicyclic) bond motifs is 1. The third-order valence-electron chi connectivity index (χ3n) is 6.09. The van der Waals surface area contributed by atoms with Crippen molar-refractivity contribution >= 4 is 17.2 Å². The highest BCUT2D eigenvalue weighted by Crippen LogP contribution is 2.46. The van der Waals surface area contributed by atoms with Gasteiger partial charge in [0.15, 0.2) is 0 Å². The number of piperidine rings is 1. The minimum absolute atomic E-state index is 0.0917. The van der Waals surface area contributed by atoms with Crippen LogP contribution in [0.5, 0.6) is 5.75 Å². The number of ether oxygens (including phenoxy) is 2. The average molecular weight is 415 g/mol. The quantitative estimate of drug-likeness (QED) is 0.700. The number of para-hydroxylation sites is 1. The van der Waals surface area contributed by atoms with E-state index in [-0.39, 0.29) is 17.4 Å². The molecule has 1 amide bonds. The normalized spacial score (nSPS) is 20.8. The van der Waals surface area contributed by atoms with Gasteiger partial charge in [0.05, 0.1) is 6.61 Å². The number of amides is 1. The van der Waals surface area contributed by atoms with Crippen LogP contribution in [0.1, 0.15) is 42.0 Å². The molecule has 1 spiro atoms. The van der Waals surface area contributed by atoms with Gasteiger partial charge in [0.1, 0.15) is 11.4 Å². The summed E-state index contributed by atoms with van der Waals surface area (Å²) in [5.41, 5.74) is 1.01. The van der Waals surface area contributed by atoms with Gasteiger partial charge >= 0.3 is 0 Å². The predicted molar refractivity (Wildman–Crippen MR) is 115 cm³/mol. The van der Waals surface area contributed by atoms with Crippen LogP contribution in [0.2, 0.25) is 0 Å². The number of benzene rings is 1. The van der Waals surface area contributed by atoms with E-state index in [0.717, 1.165) is 44.6 Å². The van der Waals surface area contributed by atoms with Crippen molar-refractivity contribution in [3.8, 4) is 5.75 Å². The largest absolute Gasteiger partial charge is 0.487 e. The van der Waals surface area contributed by atoms with Gasteiger partial charge in [0.2, 0.25) is 5.91 Å². The topological polar surface area (TPSA) is 50.8 Å². The fraction of sp³-hybridized carbons (Fsp3) is 0.522. The minimum Gasteiger partial charge on any atom is -0.487 e. The smallest absolute Gasteiger partial charge is 0.220 e. The zero-order valence-corrected chi connectivity index (χ0v) is 17.9.